The predicted molar refractivity (Wildman–Crippen MR) is 67.9 cm³/mol. The SMILES string of the molecule is O=C(O)C1CCCC1Oc1ccc2c(c1)CCC2. The third-order valence-electron chi connectivity index (χ3n) is 4.13. The minimum atomic E-state index is -0.723. The van der Waals surface area contributed by atoms with Gasteiger partial charge in [-0.15, -0.1) is 0 Å². The van der Waals surface area contributed by atoms with Gasteiger partial charge in [0, 0.05) is 0 Å². The predicted octanol–water partition coefficient (Wildman–Crippen LogP) is 2.81. The molecule has 2 aliphatic carbocycles. The van der Waals surface area contributed by atoms with E-state index in [0.29, 0.717) is 0 Å². The van der Waals surface area contributed by atoms with E-state index in [2.05, 4.69) is 12.1 Å². The molecular weight excluding hydrogens is 228 g/mol. The second-order valence-electron chi connectivity index (χ2n) is 5.32. The van der Waals surface area contributed by atoms with Crippen molar-refractivity contribution < 1.29 is 14.6 Å². The maximum atomic E-state index is 11.1. The molecule has 2 atom stereocenters. The molecule has 3 nitrogen and oxygen atoms in total. The van der Waals surface area contributed by atoms with Crippen LogP contribution < -0.4 is 4.74 Å². The van der Waals surface area contributed by atoms with E-state index in [4.69, 9.17) is 9.84 Å². The summed E-state index contributed by atoms with van der Waals surface area (Å²) in [6.07, 6.45) is 5.91. The van der Waals surface area contributed by atoms with Crippen LogP contribution in [0, 0.1) is 5.92 Å². The summed E-state index contributed by atoms with van der Waals surface area (Å²) in [5, 5.41) is 9.14. The molecule has 1 aromatic rings. The zero-order valence-electron chi connectivity index (χ0n) is 10.4. The normalized spacial score (nSPS) is 26.0. The van der Waals surface area contributed by atoms with Crippen molar-refractivity contribution in [1.82, 2.24) is 0 Å². The lowest BCUT2D eigenvalue weighted by atomic mass is 10.1. The fourth-order valence-electron chi connectivity index (χ4n) is 3.15. The number of hydrogen-bond acceptors (Lipinski definition) is 2. The van der Waals surface area contributed by atoms with E-state index in [-0.39, 0.29) is 12.0 Å². The lowest BCUT2D eigenvalue weighted by Crippen LogP contribution is -2.27. The lowest BCUT2D eigenvalue weighted by molar-refractivity contribution is -0.143. The molecule has 1 fully saturated rings. The van der Waals surface area contributed by atoms with Gasteiger partial charge in [-0.05, 0) is 61.8 Å². The van der Waals surface area contributed by atoms with E-state index >= 15 is 0 Å². The largest absolute Gasteiger partial charge is 0.490 e. The zero-order chi connectivity index (χ0) is 12.5. The average Bonchev–Trinajstić information content (AvgIpc) is 2.96. The molecule has 2 unspecified atom stereocenters. The van der Waals surface area contributed by atoms with Crippen molar-refractivity contribution in [3.63, 3.8) is 0 Å². The van der Waals surface area contributed by atoms with Gasteiger partial charge >= 0.3 is 5.97 Å². The Labute approximate surface area is 107 Å². The van der Waals surface area contributed by atoms with Gasteiger partial charge in [0.05, 0.1) is 5.92 Å². The van der Waals surface area contributed by atoms with Crippen molar-refractivity contribution in [2.45, 2.75) is 44.6 Å². The van der Waals surface area contributed by atoms with Crippen LogP contribution in [0.1, 0.15) is 36.8 Å². The molecule has 1 aromatic carbocycles. The Balaban J connectivity index is 1.74. The van der Waals surface area contributed by atoms with Gasteiger partial charge in [0.15, 0.2) is 0 Å². The van der Waals surface area contributed by atoms with E-state index in [1.54, 1.807) is 0 Å². The quantitative estimate of drug-likeness (QED) is 0.892. The van der Waals surface area contributed by atoms with Crippen LogP contribution >= 0.6 is 0 Å². The van der Waals surface area contributed by atoms with Crippen molar-refractivity contribution in [3.8, 4) is 5.75 Å². The highest BCUT2D eigenvalue weighted by atomic mass is 16.5. The fraction of sp³-hybridized carbons (Fsp3) is 0.533. The molecule has 0 bridgehead atoms. The molecule has 18 heavy (non-hydrogen) atoms. The smallest absolute Gasteiger partial charge is 0.310 e. The van der Waals surface area contributed by atoms with Gasteiger partial charge in [-0.25, -0.2) is 0 Å². The van der Waals surface area contributed by atoms with Crippen LogP contribution in [0.3, 0.4) is 0 Å². The first-order valence-electron chi connectivity index (χ1n) is 6.75. The molecule has 0 aliphatic heterocycles. The number of hydrogen-bond donors (Lipinski definition) is 1. The molecule has 96 valence electrons. The van der Waals surface area contributed by atoms with E-state index in [0.717, 1.165) is 37.9 Å². The van der Waals surface area contributed by atoms with E-state index in [1.165, 1.54) is 17.5 Å². The molecule has 0 radical (unpaired) electrons. The molecule has 0 amide bonds. The Bertz CT molecular complexity index is 467. The van der Waals surface area contributed by atoms with E-state index in [9.17, 15) is 4.79 Å². The van der Waals surface area contributed by atoms with Gasteiger partial charge in [-0.2, -0.15) is 0 Å². The molecule has 2 aliphatic rings. The van der Waals surface area contributed by atoms with Crippen LogP contribution in [0.5, 0.6) is 5.75 Å². The second-order valence-corrected chi connectivity index (χ2v) is 5.32. The molecule has 1 N–H and O–H groups in total. The van der Waals surface area contributed by atoms with Crippen molar-refractivity contribution in [2.75, 3.05) is 0 Å². The summed E-state index contributed by atoms with van der Waals surface area (Å²) in [5.74, 6) is -0.217. The summed E-state index contributed by atoms with van der Waals surface area (Å²) in [4.78, 5) is 11.1. The number of aliphatic carboxylic acids is 1. The number of benzene rings is 1. The van der Waals surface area contributed by atoms with Gasteiger partial charge in [0.1, 0.15) is 11.9 Å². The first kappa shape index (κ1) is 11.6. The van der Waals surface area contributed by atoms with Gasteiger partial charge in [-0.1, -0.05) is 6.07 Å². The highest BCUT2D eigenvalue weighted by Gasteiger charge is 2.34. The molecule has 0 saturated heterocycles. The summed E-state index contributed by atoms with van der Waals surface area (Å²) in [6, 6.07) is 6.21. The maximum absolute atomic E-state index is 11.1. The Morgan fingerprint density at radius 1 is 1.17 bits per heavy atom. The number of carboxylic acid groups (broad SMARTS) is 1. The van der Waals surface area contributed by atoms with E-state index in [1.807, 2.05) is 6.07 Å². The fourth-order valence-corrected chi connectivity index (χ4v) is 3.15. The highest BCUT2D eigenvalue weighted by Crippen LogP contribution is 2.32. The Morgan fingerprint density at radius 3 is 2.83 bits per heavy atom. The minimum Gasteiger partial charge on any atom is -0.490 e. The monoisotopic (exact) mass is 246 g/mol. The van der Waals surface area contributed by atoms with Crippen LogP contribution in [-0.4, -0.2) is 17.2 Å². The van der Waals surface area contributed by atoms with E-state index < -0.39 is 5.97 Å². The van der Waals surface area contributed by atoms with Crippen molar-refractivity contribution >= 4 is 5.97 Å². The average molecular weight is 246 g/mol. The van der Waals surface area contributed by atoms with Crippen molar-refractivity contribution in [2.24, 2.45) is 5.92 Å². The number of ether oxygens (including phenoxy) is 1. The number of fused-ring (bicyclic) bond motifs is 1. The molecule has 3 rings (SSSR count). The summed E-state index contributed by atoms with van der Waals surface area (Å²) in [5.41, 5.74) is 2.79. The highest BCUT2D eigenvalue weighted by molar-refractivity contribution is 5.71. The Kier molecular flexibility index (Phi) is 2.98. The summed E-state index contributed by atoms with van der Waals surface area (Å²) in [7, 11) is 0. The van der Waals surface area contributed by atoms with Crippen LogP contribution in [0.25, 0.3) is 0 Å². The standard InChI is InChI=1S/C15H18O3/c16-15(17)13-5-2-6-14(13)18-12-8-7-10-3-1-4-11(10)9-12/h7-9,13-14H,1-6H2,(H,16,17). The van der Waals surface area contributed by atoms with Gasteiger partial charge in [0.2, 0.25) is 0 Å². The maximum Gasteiger partial charge on any atom is 0.310 e. The van der Waals surface area contributed by atoms with Crippen LogP contribution in [-0.2, 0) is 17.6 Å². The minimum absolute atomic E-state index is 0.151. The number of rotatable bonds is 3. The zero-order valence-corrected chi connectivity index (χ0v) is 10.4. The van der Waals surface area contributed by atoms with Gasteiger partial charge in [0.25, 0.3) is 0 Å². The third-order valence-corrected chi connectivity index (χ3v) is 4.13. The van der Waals surface area contributed by atoms with Gasteiger partial charge in [-0.3, -0.25) is 4.79 Å². The third kappa shape index (κ3) is 2.09. The van der Waals surface area contributed by atoms with Crippen LogP contribution in [0.2, 0.25) is 0 Å². The summed E-state index contributed by atoms with van der Waals surface area (Å²) < 4.78 is 5.89. The number of carbonyl (C=O) groups is 1. The first-order valence-corrected chi connectivity index (χ1v) is 6.75. The van der Waals surface area contributed by atoms with Crippen molar-refractivity contribution in [3.05, 3.63) is 29.3 Å². The molecule has 0 spiro atoms. The van der Waals surface area contributed by atoms with Gasteiger partial charge < -0.3 is 9.84 Å². The summed E-state index contributed by atoms with van der Waals surface area (Å²) in [6.45, 7) is 0. The Morgan fingerprint density at radius 2 is 2.00 bits per heavy atom. The Hall–Kier alpha value is -1.51. The molecule has 3 heteroatoms. The molecular formula is C15H18O3. The second kappa shape index (κ2) is 4.63. The molecule has 0 aromatic heterocycles. The topological polar surface area (TPSA) is 46.5 Å². The number of carboxylic acids is 1. The molecule has 1 saturated carbocycles. The summed E-state index contributed by atoms with van der Waals surface area (Å²) >= 11 is 0. The van der Waals surface area contributed by atoms with Crippen LogP contribution in [0.4, 0.5) is 0 Å². The lowest BCUT2D eigenvalue weighted by Gasteiger charge is -2.18. The van der Waals surface area contributed by atoms with Crippen LogP contribution in [0.15, 0.2) is 18.2 Å². The molecule has 0 heterocycles. The van der Waals surface area contributed by atoms with Crippen molar-refractivity contribution in [1.29, 1.82) is 0 Å². The first-order chi connectivity index (χ1) is 8.74. The number of aryl methyl sites for hydroxylation is 2.